The first-order valence-electron chi connectivity index (χ1n) is 4.58. The summed E-state index contributed by atoms with van der Waals surface area (Å²) in [6, 6.07) is 8.36. The average Bonchev–Trinajstić information content (AvgIpc) is 2.16. The van der Waals surface area contributed by atoms with Gasteiger partial charge in [0, 0.05) is 0 Å². The quantitative estimate of drug-likeness (QED) is 0.700. The standard InChI is InChI=1S/C12H16O/c1-10(9-13)7-8-12-6-4-3-5-11(12)2/h3-6,9,13H,7-8H2,1-2H3. The van der Waals surface area contributed by atoms with Gasteiger partial charge in [0.1, 0.15) is 0 Å². The van der Waals surface area contributed by atoms with Gasteiger partial charge in [0.05, 0.1) is 6.26 Å². The van der Waals surface area contributed by atoms with Gasteiger partial charge < -0.3 is 5.11 Å². The van der Waals surface area contributed by atoms with Crippen LogP contribution in [-0.4, -0.2) is 5.11 Å². The van der Waals surface area contributed by atoms with Crippen molar-refractivity contribution in [3.8, 4) is 0 Å². The van der Waals surface area contributed by atoms with Crippen LogP contribution >= 0.6 is 0 Å². The number of rotatable bonds is 3. The van der Waals surface area contributed by atoms with Crippen molar-refractivity contribution in [1.29, 1.82) is 0 Å². The van der Waals surface area contributed by atoms with Gasteiger partial charge in [-0.05, 0) is 43.4 Å². The molecule has 0 aliphatic rings. The van der Waals surface area contributed by atoms with Crippen LogP contribution in [0, 0.1) is 6.92 Å². The molecule has 1 nitrogen and oxygen atoms in total. The molecule has 0 radical (unpaired) electrons. The third-order valence-electron chi connectivity index (χ3n) is 2.27. The van der Waals surface area contributed by atoms with Crippen LogP contribution in [-0.2, 0) is 6.42 Å². The predicted molar refractivity (Wildman–Crippen MR) is 55.9 cm³/mol. The van der Waals surface area contributed by atoms with Crippen LogP contribution < -0.4 is 0 Å². The van der Waals surface area contributed by atoms with Crippen molar-refractivity contribution < 1.29 is 5.11 Å². The molecule has 0 spiro atoms. The summed E-state index contributed by atoms with van der Waals surface area (Å²) in [5, 5.41) is 8.72. The Kier molecular flexibility index (Phi) is 3.56. The van der Waals surface area contributed by atoms with Crippen molar-refractivity contribution in [2.24, 2.45) is 0 Å². The van der Waals surface area contributed by atoms with Gasteiger partial charge in [-0.1, -0.05) is 24.3 Å². The molecule has 1 aromatic rings. The van der Waals surface area contributed by atoms with E-state index in [0.29, 0.717) is 0 Å². The summed E-state index contributed by atoms with van der Waals surface area (Å²) in [7, 11) is 0. The molecule has 1 N–H and O–H groups in total. The van der Waals surface area contributed by atoms with Crippen LogP contribution in [0.2, 0.25) is 0 Å². The molecule has 0 aliphatic heterocycles. The molecule has 1 aromatic carbocycles. The van der Waals surface area contributed by atoms with Crippen LogP contribution in [0.3, 0.4) is 0 Å². The Labute approximate surface area is 79.7 Å². The lowest BCUT2D eigenvalue weighted by Gasteiger charge is -2.04. The first kappa shape index (κ1) is 9.85. The Morgan fingerprint density at radius 2 is 2.08 bits per heavy atom. The molecule has 0 heterocycles. The number of hydrogen-bond donors (Lipinski definition) is 1. The second-order valence-electron chi connectivity index (χ2n) is 3.40. The number of aliphatic hydroxyl groups is 1. The molecule has 0 bridgehead atoms. The number of benzene rings is 1. The molecular weight excluding hydrogens is 160 g/mol. The number of allylic oxidation sites excluding steroid dienone is 1. The topological polar surface area (TPSA) is 20.2 Å². The summed E-state index contributed by atoms with van der Waals surface area (Å²) in [5.74, 6) is 0. The summed E-state index contributed by atoms with van der Waals surface area (Å²) in [6.07, 6.45) is 3.13. The van der Waals surface area contributed by atoms with Gasteiger partial charge in [-0.25, -0.2) is 0 Å². The fourth-order valence-electron chi connectivity index (χ4n) is 1.29. The summed E-state index contributed by atoms with van der Waals surface area (Å²) in [5.41, 5.74) is 3.72. The molecule has 0 fully saturated rings. The molecule has 70 valence electrons. The first-order chi connectivity index (χ1) is 6.24. The maximum atomic E-state index is 8.72. The zero-order chi connectivity index (χ0) is 9.68. The Hall–Kier alpha value is -1.24. The van der Waals surface area contributed by atoms with E-state index in [1.54, 1.807) is 0 Å². The van der Waals surface area contributed by atoms with Crippen molar-refractivity contribution in [2.75, 3.05) is 0 Å². The van der Waals surface area contributed by atoms with Crippen LogP contribution in [0.5, 0.6) is 0 Å². The highest BCUT2D eigenvalue weighted by Crippen LogP contribution is 2.12. The lowest BCUT2D eigenvalue weighted by Crippen LogP contribution is -1.89. The van der Waals surface area contributed by atoms with Gasteiger partial charge in [-0.15, -0.1) is 0 Å². The van der Waals surface area contributed by atoms with Gasteiger partial charge in [0.25, 0.3) is 0 Å². The molecule has 0 saturated carbocycles. The third kappa shape index (κ3) is 2.94. The summed E-state index contributed by atoms with van der Waals surface area (Å²) in [4.78, 5) is 0. The van der Waals surface area contributed by atoms with E-state index in [2.05, 4.69) is 25.1 Å². The SMILES string of the molecule is CC(=CO)CCc1ccccc1C. The molecule has 0 aromatic heterocycles. The summed E-state index contributed by atoms with van der Waals surface area (Å²) in [6.45, 7) is 4.06. The van der Waals surface area contributed by atoms with Crippen molar-refractivity contribution in [1.82, 2.24) is 0 Å². The van der Waals surface area contributed by atoms with Crippen LogP contribution in [0.15, 0.2) is 36.1 Å². The van der Waals surface area contributed by atoms with Crippen LogP contribution in [0.1, 0.15) is 24.5 Å². The minimum Gasteiger partial charge on any atom is -0.516 e. The van der Waals surface area contributed by atoms with Crippen LogP contribution in [0.25, 0.3) is 0 Å². The minimum absolute atomic E-state index is 0.932. The molecule has 0 saturated heterocycles. The predicted octanol–water partition coefficient (Wildman–Crippen LogP) is 3.39. The molecule has 0 atom stereocenters. The van der Waals surface area contributed by atoms with Gasteiger partial charge in [0.2, 0.25) is 0 Å². The average molecular weight is 176 g/mol. The van der Waals surface area contributed by atoms with Gasteiger partial charge in [-0.2, -0.15) is 0 Å². The van der Waals surface area contributed by atoms with E-state index in [0.717, 1.165) is 18.4 Å². The smallest absolute Gasteiger partial charge is 0.0780 e. The van der Waals surface area contributed by atoms with Gasteiger partial charge in [-0.3, -0.25) is 0 Å². The summed E-state index contributed by atoms with van der Waals surface area (Å²) < 4.78 is 0. The monoisotopic (exact) mass is 176 g/mol. The summed E-state index contributed by atoms with van der Waals surface area (Å²) >= 11 is 0. The number of aryl methyl sites for hydroxylation is 2. The Morgan fingerprint density at radius 3 is 2.69 bits per heavy atom. The van der Waals surface area contributed by atoms with Crippen molar-refractivity contribution in [3.63, 3.8) is 0 Å². The van der Waals surface area contributed by atoms with E-state index < -0.39 is 0 Å². The lowest BCUT2D eigenvalue weighted by molar-refractivity contribution is 0.464. The van der Waals surface area contributed by atoms with Crippen molar-refractivity contribution in [2.45, 2.75) is 26.7 Å². The lowest BCUT2D eigenvalue weighted by atomic mass is 10.0. The molecule has 13 heavy (non-hydrogen) atoms. The second-order valence-corrected chi connectivity index (χ2v) is 3.40. The van der Waals surface area contributed by atoms with E-state index in [-0.39, 0.29) is 0 Å². The maximum Gasteiger partial charge on any atom is 0.0780 e. The van der Waals surface area contributed by atoms with E-state index in [1.807, 2.05) is 13.0 Å². The van der Waals surface area contributed by atoms with E-state index in [9.17, 15) is 0 Å². The van der Waals surface area contributed by atoms with Crippen molar-refractivity contribution >= 4 is 0 Å². The Bertz CT molecular complexity index is 300. The molecule has 1 heteroatoms. The largest absolute Gasteiger partial charge is 0.516 e. The van der Waals surface area contributed by atoms with E-state index in [4.69, 9.17) is 5.11 Å². The van der Waals surface area contributed by atoms with Crippen LogP contribution in [0.4, 0.5) is 0 Å². The first-order valence-corrected chi connectivity index (χ1v) is 4.58. The Morgan fingerprint density at radius 1 is 1.38 bits per heavy atom. The zero-order valence-electron chi connectivity index (χ0n) is 8.25. The molecular formula is C12H16O. The minimum atomic E-state index is 0.932. The van der Waals surface area contributed by atoms with Crippen molar-refractivity contribution in [3.05, 3.63) is 47.2 Å². The molecule has 0 unspecified atom stereocenters. The fraction of sp³-hybridized carbons (Fsp3) is 0.333. The van der Waals surface area contributed by atoms with Gasteiger partial charge in [0.15, 0.2) is 0 Å². The van der Waals surface area contributed by atoms with E-state index >= 15 is 0 Å². The molecule has 0 aliphatic carbocycles. The molecule has 1 rings (SSSR count). The highest BCUT2D eigenvalue weighted by Gasteiger charge is 1.97. The fourth-order valence-corrected chi connectivity index (χ4v) is 1.29. The van der Waals surface area contributed by atoms with Gasteiger partial charge >= 0.3 is 0 Å². The third-order valence-corrected chi connectivity index (χ3v) is 2.27. The maximum absolute atomic E-state index is 8.72. The molecule has 0 amide bonds. The zero-order valence-corrected chi connectivity index (χ0v) is 8.25. The number of aliphatic hydroxyl groups excluding tert-OH is 1. The highest BCUT2D eigenvalue weighted by molar-refractivity contribution is 5.26. The number of hydrogen-bond acceptors (Lipinski definition) is 1. The second kappa shape index (κ2) is 4.70. The van der Waals surface area contributed by atoms with E-state index in [1.165, 1.54) is 17.4 Å². The highest BCUT2D eigenvalue weighted by atomic mass is 16.2. The normalized spacial score (nSPS) is 11.7. The Balaban J connectivity index is 2.60.